The van der Waals surface area contributed by atoms with Crippen LogP contribution in [0.2, 0.25) is 0 Å². The molecule has 0 saturated heterocycles. The van der Waals surface area contributed by atoms with E-state index < -0.39 is 0 Å². The van der Waals surface area contributed by atoms with Crippen molar-refractivity contribution < 1.29 is 53.9 Å². The zero-order valence-corrected chi connectivity index (χ0v) is 11.6. The molecule has 0 heterocycles. The smallest absolute Gasteiger partial charge is 0 e. The van der Waals surface area contributed by atoms with E-state index in [-0.39, 0.29) is 113 Å². The zero-order chi connectivity index (χ0) is 0. The van der Waals surface area contributed by atoms with Crippen LogP contribution in [0.25, 0.3) is 0 Å². The molecule has 60 valence electrons. The Morgan fingerprint density at radius 2 is 0.333 bits per heavy atom. The van der Waals surface area contributed by atoms with E-state index in [9.17, 15) is 0 Å². The van der Waals surface area contributed by atoms with E-state index in [2.05, 4.69) is 0 Å². The molecular weight excluding hydrogens is 337 g/mol. The zero-order valence-electron chi connectivity index (χ0n) is 5.32. The van der Waals surface area contributed by atoms with Gasteiger partial charge in [-0.3, -0.25) is 0 Å². The van der Waals surface area contributed by atoms with Gasteiger partial charge in [-0.05, 0) is 0 Å². The Bertz CT molecular complexity index is 11.0. The average molecular weight is 349 g/mol. The molecule has 0 aliphatic carbocycles. The third-order valence-electron chi connectivity index (χ3n) is 0. The molecule has 0 unspecified atom stereocenters. The van der Waals surface area contributed by atoms with Gasteiger partial charge in [0.25, 0.3) is 0 Å². The topological polar surface area (TPSA) is 189 Å². The van der Waals surface area contributed by atoms with E-state index >= 15 is 0 Å². The molecule has 0 bridgehead atoms. The minimum atomic E-state index is 0. The van der Waals surface area contributed by atoms with Crippen LogP contribution in [0.5, 0.6) is 0 Å². The summed E-state index contributed by atoms with van der Waals surface area (Å²) in [6, 6.07) is 0. The predicted molar refractivity (Wildman–Crippen MR) is 33.2 cm³/mol. The van der Waals surface area contributed by atoms with Crippen LogP contribution in [0.15, 0.2) is 0 Å². The molecule has 9 heavy (non-hydrogen) atoms. The third kappa shape index (κ3) is 124. The minimum absolute atomic E-state index is 0. The van der Waals surface area contributed by atoms with Gasteiger partial charge in [0.2, 0.25) is 0 Å². The molecule has 0 aromatic carbocycles. The number of rotatable bonds is 0. The summed E-state index contributed by atoms with van der Waals surface area (Å²) >= 11 is 0. The van der Waals surface area contributed by atoms with Gasteiger partial charge in [-0.1, -0.05) is 0 Å². The van der Waals surface area contributed by atoms with Crippen LogP contribution in [-0.4, -0.2) is 92.0 Å². The van der Waals surface area contributed by atoms with Crippen molar-refractivity contribution in [3.63, 3.8) is 0 Å². The largest absolute Gasteiger partial charge is 0.412 e. The first-order valence-electron chi connectivity index (χ1n) is 0. The molecule has 0 saturated carbocycles. The van der Waals surface area contributed by atoms with Crippen LogP contribution < -0.4 is 0 Å². The molecule has 0 atom stereocenters. The molecule has 0 spiro atoms. The molecule has 0 amide bonds. The first kappa shape index (κ1) is 208. The van der Waals surface area contributed by atoms with Crippen molar-refractivity contribution in [1.82, 2.24) is 0 Å². The molecule has 0 fully saturated rings. The Morgan fingerprint density at radius 1 is 0.333 bits per heavy atom. The van der Waals surface area contributed by atoms with Crippen molar-refractivity contribution >= 4 is 59.1 Å². The van der Waals surface area contributed by atoms with Gasteiger partial charge >= 0.3 is 0 Å². The van der Waals surface area contributed by atoms with Gasteiger partial charge in [0.05, 0.1) is 0 Å². The van der Waals surface area contributed by atoms with Crippen LogP contribution >= 0.6 is 0 Å². The SMILES string of the molecule is O.O.O.O.O.O.[Na].[Na].[Pt]. The van der Waals surface area contributed by atoms with E-state index in [1.807, 2.05) is 0 Å². The van der Waals surface area contributed by atoms with E-state index in [1.54, 1.807) is 0 Å². The Morgan fingerprint density at radius 3 is 0.333 bits per heavy atom. The number of hydrogen-bond donors (Lipinski definition) is 0. The molecule has 12 N–H and O–H groups in total. The summed E-state index contributed by atoms with van der Waals surface area (Å²) < 4.78 is 0. The molecular formula is H12Na2O6Pt. The fourth-order valence-corrected chi connectivity index (χ4v) is 0. The third-order valence-corrected chi connectivity index (χ3v) is 0. The molecule has 2 radical (unpaired) electrons. The maximum Gasteiger partial charge on any atom is 0 e. The van der Waals surface area contributed by atoms with E-state index in [0.717, 1.165) is 0 Å². The van der Waals surface area contributed by atoms with E-state index in [0.29, 0.717) is 0 Å². The van der Waals surface area contributed by atoms with Gasteiger partial charge in [-0.15, -0.1) is 0 Å². The van der Waals surface area contributed by atoms with Crippen LogP contribution in [0, 0.1) is 0 Å². The molecule has 0 aliphatic rings. The fourth-order valence-electron chi connectivity index (χ4n) is 0. The van der Waals surface area contributed by atoms with Crippen molar-refractivity contribution in [2.75, 3.05) is 0 Å². The Kier molecular flexibility index (Phi) is 3600. The second-order valence-corrected chi connectivity index (χ2v) is 0. The summed E-state index contributed by atoms with van der Waals surface area (Å²) in [6.07, 6.45) is 0. The van der Waals surface area contributed by atoms with Crippen molar-refractivity contribution in [3.8, 4) is 0 Å². The number of hydrogen-bond acceptors (Lipinski definition) is 0. The minimum Gasteiger partial charge on any atom is -0.412 e. The first-order chi connectivity index (χ1) is 0. The molecule has 0 aromatic heterocycles. The molecule has 0 rings (SSSR count). The summed E-state index contributed by atoms with van der Waals surface area (Å²) in [5.41, 5.74) is 0. The molecule has 6 nitrogen and oxygen atoms in total. The van der Waals surface area contributed by atoms with E-state index in [1.165, 1.54) is 0 Å². The maximum absolute atomic E-state index is 0. The van der Waals surface area contributed by atoms with Gasteiger partial charge in [0, 0.05) is 80.2 Å². The van der Waals surface area contributed by atoms with Crippen molar-refractivity contribution in [3.05, 3.63) is 0 Å². The van der Waals surface area contributed by atoms with Gasteiger partial charge in [-0.25, -0.2) is 0 Å². The van der Waals surface area contributed by atoms with Crippen molar-refractivity contribution in [1.29, 1.82) is 0 Å². The summed E-state index contributed by atoms with van der Waals surface area (Å²) in [5, 5.41) is 0. The Hall–Kier alpha value is 2.45. The molecule has 0 aromatic rings. The summed E-state index contributed by atoms with van der Waals surface area (Å²) in [4.78, 5) is 0. The van der Waals surface area contributed by atoms with Gasteiger partial charge < -0.3 is 32.9 Å². The first-order valence-corrected chi connectivity index (χ1v) is 0. The Balaban J connectivity index is 0. The fraction of sp³-hybridized carbons (Fsp3) is 0. The normalized spacial score (nSPS) is 0. The molecule has 0 aliphatic heterocycles. The van der Waals surface area contributed by atoms with Gasteiger partial charge in [-0.2, -0.15) is 0 Å². The van der Waals surface area contributed by atoms with Gasteiger partial charge in [0.15, 0.2) is 0 Å². The van der Waals surface area contributed by atoms with Crippen molar-refractivity contribution in [2.45, 2.75) is 0 Å². The monoisotopic (exact) mass is 349 g/mol. The molecule has 9 heteroatoms. The summed E-state index contributed by atoms with van der Waals surface area (Å²) in [7, 11) is 0. The average Bonchev–Trinajstić information content (AvgIpc) is 0. The Labute approximate surface area is 111 Å². The quantitative estimate of drug-likeness (QED) is 0.377. The van der Waals surface area contributed by atoms with Crippen LogP contribution in [0.1, 0.15) is 0 Å². The van der Waals surface area contributed by atoms with Crippen LogP contribution in [0.3, 0.4) is 0 Å². The standard InChI is InChI=1S/2Na.6H2O.Pt/h;;6*1H2;. The second kappa shape index (κ2) is 156. The van der Waals surface area contributed by atoms with Crippen LogP contribution in [-0.2, 0) is 21.1 Å². The maximum atomic E-state index is 0. The van der Waals surface area contributed by atoms with E-state index in [4.69, 9.17) is 0 Å². The summed E-state index contributed by atoms with van der Waals surface area (Å²) in [5.74, 6) is 0. The summed E-state index contributed by atoms with van der Waals surface area (Å²) in [6.45, 7) is 0. The van der Waals surface area contributed by atoms with Gasteiger partial charge in [0.1, 0.15) is 0 Å². The predicted octanol–water partition coefficient (Wildman–Crippen LogP) is -5.71. The van der Waals surface area contributed by atoms with Crippen LogP contribution in [0.4, 0.5) is 0 Å². The second-order valence-electron chi connectivity index (χ2n) is 0. The van der Waals surface area contributed by atoms with Crippen molar-refractivity contribution in [2.24, 2.45) is 0 Å².